The van der Waals surface area contributed by atoms with Crippen LogP contribution in [0, 0.1) is 0 Å². The van der Waals surface area contributed by atoms with Crippen LogP contribution in [-0.4, -0.2) is 38.2 Å². The van der Waals surface area contributed by atoms with Gasteiger partial charge in [0.05, 0.1) is 46.4 Å². The highest BCUT2D eigenvalue weighted by Gasteiger charge is 2.16. The van der Waals surface area contributed by atoms with Crippen molar-refractivity contribution in [3.05, 3.63) is 78.4 Å². The predicted octanol–water partition coefficient (Wildman–Crippen LogP) is 5.30. The lowest BCUT2D eigenvalue weighted by molar-refractivity contribution is 0.355. The molecule has 0 bridgehead atoms. The molecule has 0 saturated carbocycles. The largest absolute Gasteiger partial charge is 0.493 e. The highest BCUT2D eigenvalue weighted by atomic mass is 16.5. The first-order valence-electron chi connectivity index (χ1n) is 10.2. The van der Waals surface area contributed by atoms with E-state index in [2.05, 4.69) is 18.2 Å². The normalized spacial score (nSPS) is 10.6. The van der Waals surface area contributed by atoms with Gasteiger partial charge in [0, 0.05) is 11.1 Å². The van der Waals surface area contributed by atoms with E-state index in [4.69, 9.17) is 24.0 Å². The van der Waals surface area contributed by atoms with Gasteiger partial charge in [0.2, 0.25) is 0 Å². The van der Waals surface area contributed by atoms with Crippen LogP contribution in [0.15, 0.2) is 72.8 Å². The summed E-state index contributed by atoms with van der Waals surface area (Å²) in [6.07, 6.45) is 0. The molecule has 0 spiro atoms. The Kier molecular flexibility index (Phi) is 6.31. The maximum absolute atomic E-state index is 5.52. The van der Waals surface area contributed by atoms with Crippen LogP contribution in [0.1, 0.15) is 5.56 Å². The first-order chi connectivity index (χ1) is 15.7. The Morgan fingerprint density at radius 3 is 1.78 bits per heavy atom. The van der Waals surface area contributed by atoms with E-state index >= 15 is 0 Å². The molecule has 0 aliphatic rings. The van der Waals surface area contributed by atoms with Gasteiger partial charge in [0.1, 0.15) is 0 Å². The van der Waals surface area contributed by atoms with Crippen molar-refractivity contribution in [1.29, 1.82) is 0 Å². The van der Waals surface area contributed by atoms with Crippen molar-refractivity contribution in [3.63, 3.8) is 0 Å². The van der Waals surface area contributed by atoms with Gasteiger partial charge in [-0.1, -0.05) is 30.3 Å². The average molecular weight is 431 g/mol. The van der Waals surface area contributed by atoms with E-state index in [0.717, 1.165) is 28.1 Å². The van der Waals surface area contributed by atoms with Gasteiger partial charge in [-0.3, -0.25) is 4.68 Å². The molecule has 32 heavy (non-hydrogen) atoms. The minimum Gasteiger partial charge on any atom is -0.493 e. The molecular weight excluding hydrogens is 404 g/mol. The molecule has 4 aromatic rings. The zero-order valence-electron chi connectivity index (χ0n) is 18.7. The van der Waals surface area contributed by atoms with Crippen molar-refractivity contribution in [2.24, 2.45) is 0 Å². The summed E-state index contributed by atoms with van der Waals surface area (Å²) in [4.78, 5) is 0. The highest BCUT2D eigenvalue weighted by molar-refractivity contribution is 5.72. The zero-order chi connectivity index (χ0) is 22.5. The Morgan fingerprint density at radius 2 is 1.19 bits per heavy atom. The van der Waals surface area contributed by atoms with Gasteiger partial charge in [0.15, 0.2) is 23.0 Å². The van der Waals surface area contributed by atoms with Gasteiger partial charge in [0.25, 0.3) is 0 Å². The first-order valence-corrected chi connectivity index (χ1v) is 10.2. The second kappa shape index (κ2) is 9.47. The van der Waals surface area contributed by atoms with E-state index in [1.165, 1.54) is 0 Å². The smallest absolute Gasteiger partial charge is 0.161 e. The van der Waals surface area contributed by atoms with Crippen molar-refractivity contribution >= 4 is 0 Å². The van der Waals surface area contributed by atoms with Gasteiger partial charge in [-0.2, -0.15) is 5.10 Å². The Bertz CT molecular complexity index is 1200. The van der Waals surface area contributed by atoms with E-state index in [0.29, 0.717) is 29.5 Å². The van der Waals surface area contributed by atoms with Crippen molar-refractivity contribution in [1.82, 2.24) is 9.78 Å². The molecule has 6 nitrogen and oxygen atoms in total. The summed E-state index contributed by atoms with van der Waals surface area (Å²) in [6.45, 7) is 0.637. The number of hydrogen-bond acceptors (Lipinski definition) is 5. The second-order valence-corrected chi connectivity index (χ2v) is 7.20. The van der Waals surface area contributed by atoms with Crippen LogP contribution < -0.4 is 18.9 Å². The van der Waals surface area contributed by atoms with Crippen LogP contribution in [0.3, 0.4) is 0 Å². The highest BCUT2D eigenvalue weighted by Crippen LogP contribution is 2.36. The Balaban J connectivity index is 1.82. The number of methoxy groups -OCH3 is 4. The Labute approximate surface area is 187 Å². The molecule has 0 aliphatic carbocycles. The lowest BCUT2D eigenvalue weighted by Gasteiger charge is -2.11. The number of rotatable bonds is 8. The fourth-order valence-electron chi connectivity index (χ4n) is 3.66. The molecule has 6 heteroatoms. The molecule has 0 radical (unpaired) electrons. The molecule has 1 heterocycles. The molecule has 0 N–H and O–H groups in total. The molecule has 0 unspecified atom stereocenters. The van der Waals surface area contributed by atoms with Crippen molar-refractivity contribution < 1.29 is 18.9 Å². The monoisotopic (exact) mass is 430 g/mol. The molecular formula is C26H26N2O4. The molecule has 0 atom stereocenters. The fraction of sp³-hybridized carbons (Fsp3) is 0.192. The standard InChI is InChI=1S/C26H26N2O4/c1-29-23-12-10-19(14-25(23)31-3)21-16-22(20-11-13-24(30-2)26(15-20)32-4)28(27-21)17-18-8-6-5-7-9-18/h5-16H,17H2,1-4H3. The zero-order valence-corrected chi connectivity index (χ0v) is 18.7. The van der Waals surface area contributed by atoms with Crippen molar-refractivity contribution in [3.8, 4) is 45.5 Å². The average Bonchev–Trinajstić information content (AvgIpc) is 3.27. The number of ether oxygens (including phenoxy) is 4. The van der Waals surface area contributed by atoms with Crippen molar-refractivity contribution in [2.75, 3.05) is 28.4 Å². The van der Waals surface area contributed by atoms with E-state index in [9.17, 15) is 0 Å². The number of hydrogen-bond donors (Lipinski definition) is 0. The molecule has 0 fully saturated rings. The third-order valence-electron chi connectivity index (χ3n) is 5.31. The van der Waals surface area contributed by atoms with Crippen LogP contribution in [0.2, 0.25) is 0 Å². The van der Waals surface area contributed by atoms with Crippen LogP contribution in [0.5, 0.6) is 23.0 Å². The van der Waals surface area contributed by atoms with Gasteiger partial charge in [-0.25, -0.2) is 0 Å². The number of benzene rings is 3. The Hall–Kier alpha value is -3.93. The molecule has 0 aliphatic heterocycles. The fourth-order valence-corrected chi connectivity index (χ4v) is 3.66. The first kappa shape index (κ1) is 21.3. The molecule has 164 valence electrons. The Morgan fingerprint density at radius 1 is 0.625 bits per heavy atom. The maximum atomic E-state index is 5.52. The molecule has 1 aromatic heterocycles. The summed E-state index contributed by atoms with van der Waals surface area (Å²) in [7, 11) is 6.52. The third-order valence-corrected chi connectivity index (χ3v) is 5.31. The lowest BCUT2D eigenvalue weighted by atomic mass is 10.1. The molecule has 0 saturated heterocycles. The van der Waals surface area contributed by atoms with Crippen molar-refractivity contribution in [2.45, 2.75) is 6.54 Å². The van der Waals surface area contributed by atoms with E-state index < -0.39 is 0 Å². The SMILES string of the molecule is COc1ccc(-c2cc(-c3ccc(OC)c(OC)c3)n(Cc3ccccc3)n2)cc1OC. The summed E-state index contributed by atoms with van der Waals surface area (Å²) >= 11 is 0. The van der Waals surface area contributed by atoms with Gasteiger partial charge >= 0.3 is 0 Å². The topological polar surface area (TPSA) is 54.7 Å². The quantitative estimate of drug-likeness (QED) is 0.380. The summed E-state index contributed by atoms with van der Waals surface area (Å²) in [5.74, 6) is 2.70. The predicted molar refractivity (Wildman–Crippen MR) is 125 cm³/mol. The summed E-state index contributed by atoms with van der Waals surface area (Å²) in [5.41, 5.74) is 4.90. The molecule has 0 amide bonds. The van der Waals surface area contributed by atoms with E-state index in [-0.39, 0.29) is 0 Å². The minimum atomic E-state index is 0.637. The summed E-state index contributed by atoms with van der Waals surface area (Å²) in [6, 6.07) is 24.0. The van der Waals surface area contributed by atoms with Gasteiger partial charge < -0.3 is 18.9 Å². The van der Waals surface area contributed by atoms with Crippen LogP contribution in [-0.2, 0) is 6.54 Å². The van der Waals surface area contributed by atoms with E-state index in [1.54, 1.807) is 28.4 Å². The minimum absolute atomic E-state index is 0.637. The number of nitrogens with zero attached hydrogens (tertiary/aromatic N) is 2. The van der Waals surface area contributed by atoms with Crippen LogP contribution >= 0.6 is 0 Å². The molecule has 4 rings (SSSR count). The second-order valence-electron chi connectivity index (χ2n) is 7.20. The maximum Gasteiger partial charge on any atom is 0.161 e. The molecule has 3 aromatic carbocycles. The number of aromatic nitrogens is 2. The van der Waals surface area contributed by atoms with Gasteiger partial charge in [-0.05, 0) is 48.0 Å². The van der Waals surface area contributed by atoms with Crippen LogP contribution in [0.4, 0.5) is 0 Å². The van der Waals surface area contributed by atoms with Gasteiger partial charge in [-0.15, -0.1) is 0 Å². The van der Waals surface area contributed by atoms with E-state index in [1.807, 2.05) is 59.3 Å². The summed E-state index contributed by atoms with van der Waals surface area (Å²) < 4.78 is 23.8. The van der Waals surface area contributed by atoms with Crippen LogP contribution in [0.25, 0.3) is 22.5 Å². The third kappa shape index (κ3) is 4.25. The lowest BCUT2D eigenvalue weighted by Crippen LogP contribution is -2.04. The summed E-state index contributed by atoms with van der Waals surface area (Å²) in [5, 5.41) is 4.93.